The van der Waals surface area contributed by atoms with E-state index >= 15 is 0 Å². The summed E-state index contributed by atoms with van der Waals surface area (Å²) in [6.07, 6.45) is 0.311. The smallest absolute Gasteiger partial charge is 0.331 e. The Kier molecular flexibility index (Phi) is 12.7. The lowest BCUT2D eigenvalue weighted by Gasteiger charge is -2.23. The van der Waals surface area contributed by atoms with Gasteiger partial charge in [0.05, 0.1) is 25.3 Å². The fourth-order valence-electron chi connectivity index (χ4n) is 4.34. The molecule has 4 aromatic carbocycles. The predicted molar refractivity (Wildman–Crippen MR) is 165 cm³/mol. The van der Waals surface area contributed by atoms with Crippen LogP contribution >= 0.6 is 7.60 Å². The van der Waals surface area contributed by atoms with E-state index in [0.29, 0.717) is 6.42 Å². The molecule has 0 heterocycles. The fraction of sp³-hybridized carbons (Fsp3) is 0.257. The Morgan fingerprint density at radius 2 is 1.05 bits per heavy atom. The molecule has 0 fully saturated rings. The molecule has 0 amide bonds. The van der Waals surface area contributed by atoms with Crippen LogP contribution in [0.25, 0.3) is 0 Å². The lowest BCUT2D eigenvalue weighted by atomic mass is 10.1. The number of esters is 2. The highest BCUT2D eigenvalue weighted by Gasteiger charge is 2.34. The van der Waals surface area contributed by atoms with Crippen molar-refractivity contribution in [1.29, 1.82) is 0 Å². The third kappa shape index (κ3) is 11.6. The Bertz CT molecular complexity index is 1430. The van der Waals surface area contributed by atoms with Crippen LogP contribution in [0.4, 0.5) is 0 Å². The van der Waals surface area contributed by atoms with Gasteiger partial charge in [0.2, 0.25) is 0 Å². The molecule has 0 aliphatic carbocycles. The van der Waals surface area contributed by atoms with Crippen molar-refractivity contribution in [3.63, 3.8) is 0 Å². The van der Waals surface area contributed by atoms with Gasteiger partial charge in [-0.2, -0.15) is 0 Å². The van der Waals surface area contributed by atoms with Crippen molar-refractivity contribution in [1.82, 2.24) is 0 Å². The van der Waals surface area contributed by atoms with Gasteiger partial charge in [-0.25, -0.2) is 0 Å². The highest BCUT2D eigenvalue weighted by molar-refractivity contribution is 7.53. The summed E-state index contributed by atoms with van der Waals surface area (Å²) in [5.74, 6) is -1.95. The highest BCUT2D eigenvalue weighted by atomic mass is 31.2. The molecule has 0 aliphatic rings. The van der Waals surface area contributed by atoms with E-state index in [2.05, 4.69) is 0 Å². The number of hydrogen-bond acceptors (Lipinski definition) is 7. The molecule has 0 saturated carbocycles. The van der Waals surface area contributed by atoms with Gasteiger partial charge in [-0.3, -0.25) is 14.2 Å². The number of carbonyl (C=O) groups is 2. The van der Waals surface area contributed by atoms with Crippen molar-refractivity contribution >= 4 is 19.5 Å². The molecule has 7 nitrogen and oxygen atoms in total. The number of carbonyl (C=O) groups excluding carboxylic acids is 2. The Morgan fingerprint density at radius 3 is 1.58 bits per heavy atom. The van der Waals surface area contributed by atoms with Gasteiger partial charge in [-0.15, -0.1) is 0 Å². The van der Waals surface area contributed by atoms with Crippen LogP contribution in [-0.4, -0.2) is 24.7 Å². The molecule has 0 bridgehead atoms. The van der Waals surface area contributed by atoms with Crippen molar-refractivity contribution in [3.05, 3.63) is 144 Å². The second-order valence-electron chi connectivity index (χ2n) is 10.1. The minimum Gasteiger partial charge on any atom is -0.461 e. The first kappa shape index (κ1) is 31.9. The van der Waals surface area contributed by atoms with Crippen LogP contribution < -0.4 is 0 Å². The van der Waals surface area contributed by atoms with Crippen molar-refractivity contribution in [3.8, 4) is 0 Å². The van der Waals surface area contributed by atoms with Gasteiger partial charge in [-0.1, -0.05) is 121 Å². The van der Waals surface area contributed by atoms with E-state index in [0.717, 1.165) is 22.3 Å². The first-order chi connectivity index (χ1) is 21.0. The Labute approximate surface area is 253 Å². The number of rotatable bonds is 17. The summed E-state index contributed by atoms with van der Waals surface area (Å²) in [6, 6.07) is 37.7. The number of benzene rings is 4. The summed E-state index contributed by atoms with van der Waals surface area (Å²) < 4.78 is 37.0. The van der Waals surface area contributed by atoms with E-state index < -0.39 is 25.5 Å². The van der Waals surface area contributed by atoms with Crippen LogP contribution in [-0.2, 0) is 58.9 Å². The molecular weight excluding hydrogens is 563 g/mol. The lowest BCUT2D eigenvalue weighted by Crippen LogP contribution is -2.24. The van der Waals surface area contributed by atoms with Gasteiger partial charge in [-0.05, 0) is 35.1 Å². The third-order valence-electron chi connectivity index (χ3n) is 6.73. The number of ether oxygens (including phenoxy) is 2. The van der Waals surface area contributed by atoms with E-state index in [9.17, 15) is 14.2 Å². The molecule has 0 radical (unpaired) electrons. The van der Waals surface area contributed by atoms with Gasteiger partial charge < -0.3 is 18.5 Å². The van der Waals surface area contributed by atoms with Crippen LogP contribution in [0.2, 0.25) is 0 Å². The summed E-state index contributed by atoms with van der Waals surface area (Å²) in [5, 5.41) is 0. The van der Waals surface area contributed by atoms with Crippen LogP contribution in [0, 0.1) is 5.92 Å². The molecule has 0 aromatic heterocycles. The van der Waals surface area contributed by atoms with E-state index in [-0.39, 0.29) is 45.4 Å². The SMILES string of the molecule is O=C(CC[C@H](CP(=O)(OCCc1ccccc1)OCc1ccccc1)C(=O)OCc1ccccc1)OCc1ccccc1. The Hall–Kier alpha value is -4.03. The van der Waals surface area contributed by atoms with Crippen molar-refractivity contribution in [2.24, 2.45) is 5.92 Å². The van der Waals surface area contributed by atoms with Gasteiger partial charge in [0, 0.05) is 6.42 Å². The predicted octanol–water partition coefficient (Wildman–Crippen LogP) is 7.54. The van der Waals surface area contributed by atoms with Crippen LogP contribution in [0.3, 0.4) is 0 Å². The van der Waals surface area contributed by atoms with Crippen molar-refractivity contribution in [2.45, 2.75) is 39.1 Å². The summed E-state index contributed by atoms with van der Waals surface area (Å²) in [6.45, 7) is 0.373. The Morgan fingerprint density at radius 1 is 0.581 bits per heavy atom. The zero-order chi connectivity index (χ0) is 30.2. The van der Waals surface area contributed by atoms with Crippen molar-refractivity contribution < 1.29 is 32.7 Å². The lowest BCUT2D eigenvalue weighted by molar-refractivity contribution is -0.150. The monoisotopic (exact) mass is 600 g/mol. The summed E-state index contributed by atoms with van der Waals surface area (Å²) in [4.78, 5) is 26.0. The van der Waals surface area contributed by atoms with E-state index in [1.165, 1.54) is 0 Å². The highest BCUT2D eigenvalue weighted by Crippen LogP contribution is 2.51. The van der Waals surface area contributed by atoms with Gasteiger partial charge in [0.15, 0.2) is 0 Å². The molecular formula is C35H37O7P. The quantitative estimate of drug-likeness (QED) is 0.0914. The second kappa shape index (κ2) is 17.2. The van der Waals surface area contributed by atoms with Gasteiger partial charge >= 0.3 is 19.5 Å². The molecule has 43 heavy (non-hydrogen) atoms. The molecule has 0 N–H and O–H groups in total. The van der Waals surface area contributed by atoms with Crippen LogP contribution in [0.15, 0.2) is 121 Å². The average molecular weight is 601 g/mol. The molecule has 1 unspecified atom stereocenters. The maximum Gasteiger partial charge on any atom is 0.331 e. The normalized spacial score (nSPS) is 13.0. The molecule has 4 aromatic rings. The third-order valence-corrected chi connectivity index (χ3v) is 8.72. The fourth-order valence-corrected chi connectivity index (χ4v) is 6.21. The summed E-state index contributed by atoms with van der Waals surface area (Å²) in [5.41, 5.74) is 3.53. The summed E-state index contributed by atoms with van der Waals surface area (Å²) >= 11 is 0. The topological polar surface area (TPSA) is 88.1 Å². The molecule has 2 atom stereocenters. The van der Waals surface area contributed by atoms with E-state index in [1.54, 1.807) is 0 Å². The van der Waals surface area contributed by atoms with E-state index in [1.807, 2.05) is 121 Å². The zero-order valence-corrected chi connectivity index (χ0v) is 25.0. The Balaban J connectivity index is 1.44. The van der Waals surface area contributed by atoms with Gasteiger partial charge in [0.25, 0.3) is 0 Å². The standard InChI is InChI=1S/C35H37O7P/c36-34(39-25-30-15-7-2-8-16-30)22-21-33(35(37)40-26-31-17-9-3-10-18-31)28-43(38,42-27-32-19-11-4-12-20-32)41-24-23-29-13-5-1-6-14-29/h1-20,33H,21-28H2/t33-,43?/m1/s1. The first-order valence-corrected chi connectivity index (χ1v) is 16.1. The maximum atomic E-state index is 14.2. The van der Waals surface area contributed by atoms with Crippen LogP contribution in [0.5, 0.6) is 0 Å². The minimum atomic E-state index is -3.80. The van der Waals surface area contributed by atoms with E-state index in [4.69, 9.17) is 18.5 Å². The molecule has 0 spiro atoms. The molecule has 8 heteroatoms. The number of hydrogen-bond donors (Lipinski definition) is 0. The minimum absolute atomic E-state index is 0.0500. The zero-order valence-electron chi connectivity index (χ0n) is 24.1. The molecule has 0 aliphatic heterocycles. The van der Waals surface area contributed by atoms with Crippen molar-refractivity contribution in [2.75, 3.05) is 12.8 Å². The summed E-state index contributed by atoms with van der Waals surface area (Å²) in [7, 11) is -3.80. The average Bonchev–Trinajstić information content (AvgIpc) is 3.05. The molecule has 0 saturated heterocycles. The second-order valence-corrected chi connectivity index (χ2v) is 12.2. The molecule has 4 rings (SSSR count). The van der Waals surface area contributed by atoms with Crippen LogP contribution in [0.1, 0.15) is 35.1 Å². The first-order valence-electron chi connectivity index (χ1n) is 14.4. The largest absolute Gasteiger partial charge is 0.461 e. The maximum absolute atomic E-state index is 14.2. The molecule has 224 valence electrons. The van der Waals surface area contributed by atoms with Gasteiger partial charge in [0.1, 0.15) is 13.2 Å².